The second-order valence-electron chi connectivity index (χ2n) is 4.10. The van der Waals surface area contributed by atoms with Crippen LogP contribution in [0.1, 0.15) is 25.5 Å². The molecule has 0 saturated carbocycles. The molecule has 0 aliphatic heterocycles. The highest BCUT2D eigenvalue weighted by atomic mass is 79.9. The number of methoxy groups -OCH3 is 1. The van der Waals surface area contributed by atoms with Gasteiger partial charge in [-0.05, 0) is 47.5 Å². The minimum Gasteiger partial charge on any atom is -0.469 e. The molecular formula is C11H16BrClN2O2. The van der Waals surface area contributed by atoms with E-state index in [0.717, 1.165) is 5.56 Å². The van der Waals surface area contributed by atoms with Gasteiger partial charge >= 0.3 is 5.97 Å². The lowest BCUT2D eigenvalue weighted by Crippen LogP contribution is -2.37. The Morgan fingerprint density at radius 1 is 1.59 bits per heavy atom. The molecule has 1 rings (SSSR count). The van der Waals surface area contributed by atoms with Gasteiger partial charge < -0.3 is 10.5 Å². The molecule has 0 aliphatic carbocycles. The van der Waals surface area contributed by atoms with Crippen LogP contribution in [0.2, 0.25) is 0 Å². The molecule has 0 bridgehead atoms. The molecule has 0 aromatic carbocycles. The Morgan fingerprint density at radius 3 is 2.65 bits per heavy atom. The van der Waals surface area contributed by atoms with Crippen LogP contribution in [0, 0.1) is 5.41 Å². The normalized spacial score (nSPS) is 12.5. The van der Waals surface area contributed by atoms with Crippen LogP contribution in [-0.4, -0.2) is 18.1 Å². The van der Waals surface area contributed by atoms with Gasteiger partial charge in [0.1, 0.15) is 4.60 Å². The van der Waals surface area contributed by atoms with Crippen LogP contribution < -0.4 is 5.73 Å². The molecule has 1 atom stereocenters. The van der Waals surface area contributed by atoms with Crippen LogP contribution in [0.5, 0.6) is 0 Å². The molecule has 17 heavy (non-hydrogen) atoms. The third-order valence-corrected chi connectivity index (χ3v) is 3.03. The van der Waals surface area contributed by atoms with E-state index in [-0.39, 0.29) is 18.4 Å². The minimum absolute atomic E-state index is 0. The Morgan fingerprint density at radius 2 is 2.18 bits per heavy atom. The van der Waals surface area contributed by atoms with Crippen molar-refractivity contribution in [1.82, 2.24) is 4.98 Å². The van der Waals surface area contributed by atoms with E-state index >= 15 is 0 Å². The summed E-state index contributed by atoms with van der Waals surface area (Å²) in [6.07, 6.45) is 1.65. The van der Waals surface area contributed by atoms with E-state index in [0.29, 0.717) is 4.60 Å². The zero-order chi connectivity index (χ0) is 12.3. The van der Waals surface area contributed by atoms with Gasteiger partial charge in [-0.1, -0.05) is 0 Å². The largest absolute Gasteiger partial charge is 0.469 e. The Labute approximate surface area is 115 Å². The number of carbonyl (C=O) groups excluding carboxylic acids is 1. The number of aromatic nitrogens is 1. The number of ether oxygens (including phenoxy) is 1. The lowest BCUT2D eigenvalue weighted by atomic mass is 9.81. The topological polar surface area (TPSA) is 65.2 Å². The van der Waals surface area contributed by atoms with Gasteiger partial charge in [0.05, 0.1) is 12.5 Å². The van der Waals surface area contributed by atoms with Crippen molar-refractivity contribution in [1.29, 1.82) is 0 Å². The molecule has 0 radical (unpaired) electrons. The molecule has 0 aliphatic rings. The van der Waals surface area contributed by atoms with Crippen LogP contribution in [0.3, 0.4) is 0 Å². The Balaban J connectivity index is 0.00000256. The van der Waals surface area contributed by atoms with Crippen LogP contribution in [0.15, 0.2) is 22.9 Å². The molecule has 6 heteroatoms. The van der Waals surface area contributed by atoms with Crippen molar-refractivity contribution in [3.63, 3.8) is 0 Å². The fourth-order valence-corrected chi connectivity index (χ4v) is 1.80. The third kappa shape index (κ3) is 3.66. The molecule has 0 fully saturated rings. The van der Waals surface area contributed by atoms with Crippen molar-refractivity contribution in [2.24, 2.45) is 11.1 Å². The average Bonchev–Trinajstić information content (AvgIpc) is 2.26. The predicted octanol–water partition coefficient (Wildman–Crippen LogP) is 2.46. The highest BCUT2D eigenvalue weighted by Gasteiger charge is 2.36. The molecule has 0 amide bonds. The highest BCUT2D eigenvalue weighted by molar-refractivity contribution is 9.10. The molecule has 0 spiro atoms. The maximum atomic E-state index is 11.6. The Hall–Kier alpha value is -0.650. The second-order valence-corrected chi connectivity index (χ2v) is 4.92. The number of pyridine rings is 1. The number of carbonyl (C=O) groups is 1. The van der Waals surface area contributed by atoms with E-state index in [2.05, 4.69) is 20.9 Å². The molecule has 1 aromatic heterocycles. The first-order chi connectivity index (χ1) is 7.39. The fraction of sp³-hybridized carbons (Fsp3) is 0.455. The number of esters is 1. The Bertz CT molecular complexity index is 399. The van der Waals surface area contributed by atoms with E-state index in [4.69, 9.17) is 10.5 Å². The summed E-state index contributed by atoms with van der Waals surface area (Å²) in [6.45, 7) is 3.52. The number of nitrogens with zero attached hydrogens (tertiary/aromatic N) is 1. The SMILES string of the molecule is COC(=O)C(C)(C)[C@@H](N)c1ccnc(Br)c1.Cl. The van der Waals surface area contributed by atoms with Gasteiger partial charge in [0, 0.05) is 12.2 Å². The first-order valence-electron chi connectivity index (χ1n) is 4.85. The number of nitrogens with two attached hydrogens (primary N) is 1. The van der Waals surface area contributed by atoms with Gasteiger partial charge in [-0.15, -0.1) is 12.4 Å². The lowest BCUT2D eigenvalue weighted by molar-refractivity contribution is -0.152. The van der Waals surface area contributed by atoms with Crippen molar-refractivity contribution in [3.05, 3.63) is 28.5 Å². The second kappa shape index (κ2) is 6.33. The fourth-order valence-electron chi connectivity index (χ4n) is 1.42. The van der Waals surface area contributed by atoms with Gasteiger partial charge in [-0.25, -0.2) is 4.98 Å². The molecule has 1 aromatic rings. The van der Waals surface area contributed by atoms with Gasteiger partial charge in [0.2, 0.25) is 0 Å². The van der Waals surface area contributed by atoms with Gasteiger partial charge in [-0.2, -0.15) is 0 Å². The predicted molar refractivity (Wildman–Crippen MR) is 71.9 cm³/mol. The zero-order valence-corrected chi connectivity index (χ0v) is 12.3. The summed E-state index contributed by atoms with van der Waals surface area (Å²) in [4.78, 5) is 15.6. The van der Waals surface area contributed by atoms with Crippen molar-refractivity contribution in [3.8, 4) is 0 Å². The summed E-state index contributed by atoms with van der Waals surface area (Å²) in [6, 6.07) is 3.16. The van der Waals surface area contributed by atoms with E-state index in [1.165, 1.54) is 7.11 Å². The van der Waals surface area contributed by atoms with Crippen molar-refractivity contribution in [2.75, 3.05) is 7.11 Å². The summed E-state index contributed by atoms with van der Waals surface area (Å²) in [5.41, 5.74) is 6.15. The van der Waals surface area contributed by atoms with Crippen LogP contribution in [0.4, 0.5) is 0 Å². The highest BCUT2D eigenvalue weighted by Crippen LogP contribution is 2.32. The lowest BCUT2D eigenvalue weighted by Gasteiger charge is -2.28. The monoisotopic (exact) mass is 322 g/mol. The minimum atomic E-state index is -0.768. The summed E-state index contributed by atoms with van der Waals surface area (Å²) in [5.74, 6) is -0.326. The molecule has 1 heterocycles. The van der Waals surface area contributed by atoms with Crippen LogP contribution >= 0.6 is 28.3 Å². The van der Waals surface area contributed by atoms with E-state index in [9.17, 15) is 4.79 Å². The quantitative estimate of drug-likeness (QED) is 0.685. The van der Waals surface area contributed by atoms with Crippen molar-refractivity contribution >= 4 is 34.3 Å². The standard InChI is InChI=1S/C11H15BrN2O2.ClH/c1-11(2,10(15)16-3)9(13)7-4-5-14-8(12)6-7;/h4-6,9H,13H2,1-3H3;1H/t9-;/m0./s1. The van der Waals surface area contributed by atoms with E-state index in [1.807, 2.05) is 0 Å². The van der Waals surface area contributed by atoms with Crippen molar-refractivity contribution < 1.29 is 9.53 Å². The van der Waals surface area contributed by atoms with Gasteiger partial charge in [0.15, 0.2) is 0 Å². The molecule has 2 N–H and O–H groups in total. The smallest absolute Gasteiger partial charge is 0.313 e. The summed E-state index contributed by atoms with van der Waals surface area (Å²) < 4.78 is 5.44. The average molecular weight is 324 g/mol. The molecule has 4 nitrogen and oxygen atoms in total. The third-order valence-electron chi connectivity index (χ3n) is 2.60. The van der Waals surface area contributed by atoms with E-state index in [1.54, 1.807) is 32.2 Å². The molecular weight excluding hydrogens is 307 g/mol. The van der Waals surface area contributed by atoms with Crippen LogP contribution in [0.25, 0.3) is 0 Å². The zero-order valence-electron chi connectivity index (χ0n) is 9.94. The molecule has 96 valence electrons. The maximum Gasteiger partial charge on any atom is 0.313 e. The van der Waals surface area contributed by atoms with Crippen molar-refractivity contribution in [2.45, 2.75) is 19.9 Å². The van der Waals surface area contributed by atoms with Gasteiger partial charge in [-0.3, -0.25) is 4.79 Å². The maximum absolute atomic E-state index is 11.6. The number of hydrogen-bond donors (Lipinski definition) is 1. The number of hydrogen-bond acceptors (Lipinski definition) is 4. The first kappa shape index (κ1) is 16.4. The summed E-state index contributed by atoms with van der Waals surface area (Å²) >= 11 is 3.27. The summed E-state index contributed by atoms with van der Waals surface area (Å²) in [7, 11) is 1.36. The first-order valence-corrected chi connectivity index (χ1v) is 5.64. The van der Waals surface area contributed by atoms with Gasteiger partial charge in [0.25, 0.3) is 0 Å². The molecule has 0 saturated heterocycles. The number of halogens is 2. The summed E-state index contributed by atoms with van der Waals surface area (Å²) in [5, 5.41) is 0. The van der Waals surface area contributed by atoms with Crippen LogP contribution in [-0.2, 0) is 9.53 Å². The number of rotatable bonds is 3. The molecule has 0 unspecified atom stereocenters. The Kier molecular flexibility index (Phi) is 6.09. The van der Waals surface area contributed by atoms with E-state index < -0.39 is 11.5 Å².